The molecule has 2 aromatic rings. The van der Waals surface area contributed by atoms with E-state index < -0.39 is 5.41 Å². The van der Waals surface area contributed by atoms with Gasteiger partial charge in [0.1, 0.15) is 5.82 Å². The smallest absolute Gasteiger partial charge is 0.314 e. The van der Waals surface area contributed by atoms with Crippen molar-refractivity contribution >= 4 is 11.9 Å². The van der Waals surface area contributed by atoms with Gasteiger partial charge in [0, 0.05) is 37.9 Å². The predicted molar refractivity (Wildman–Crippen MR) is 107 cm³/mol. The van der Waals surface area contributed by atoms with E-state index in [1.807, 2.05) is 13.0 Å². The van der Waals surface area contributed by atoms with Gasteiger partial charge < -0.3 is 9.64 Å². The number of likely N-dealkylation sites (tertiary alicyclic amines) is 1. The Labute approximate surface area is 170 Å². The van der Waals surface area contributed by atoms with Crippen LogP contribution in [0.4, 0.5) is 4.39 Å². The fourth-order valence-corrected chi connectivity index (χ4v) is 4.00. The van der Waals surface area contributed by atoms with Gasteiger partial charge in [-0.1, -0.05) is 12.1 Å². The van der Waals surface area contributed by atoms with E-state index in [1.165, 1.54) is 12.1 Å². The third-order valence-electron chi connectivity index (χ3n) is 5.56. The SMILES string of the molecule is CCOC(=O)[C@]1(Cc2ccc(F)cc2)CCCN(C(=O)CCn2nccc2C)C1. The lowest BCUT2D eigenvalue weighted by atomic mass is 9.75. The van der Waals surface area contributed by atoms with Crippen LogP contribution in [-0.2, 0) is 27.3 Å². The van der Waals surface area contributed by atoms with Gasteiger partial charge >= 0.3 is 5.97 Å². The molecule has 0 bridgehead atoms. The molecule has 0 aliphatic carbocycles. The number of rotatable bonds is 7. The van der Waals surface area contributed by atoms with E-state index in [4.69, 9.17) is 4.74 Å². The Balaban J connectivity index is 1.73. The molecule has 1 aromatic carbocycles. The first-order valence-electron chi connectivity index (χ1n) is 10.1. The van der Waals surface area contributed by atoms with Crippen LogP contribution in [-0.4, -0.2) is 46.3 Å². The van der Waals surface area contributed by atoms with Crippen molar-refractivity contribution < 1.29 is 18.7 Å². The third-order valence-corrected chi connectivity index (χ3v) is 5.56. The standard InChI is InChI=1S/C22H28FN3O3/c1-3-29-21(28)22(15-18-5-7-19(23)8-6-18)11-4-13-25(16-22)20(27)10-14-26-17(2)9-12-24-26/h5-9,12H,3-4,10-11,13-16H2,1-2H3/t22-/m0/s1. The molecule has 0 unspecified atom stereocenters. The molecule has 0 saturated carbocycles. The van der Waals surface area contributed by atoms with Crippen molar-refractivity contribution in [2.45, 2.75) is 46.1 Å². The first-order valence-corrected chi connectivity index (χ1v) is 10.1. The average Bonchev–Trinajstić information content (AvgIpc) is 3.13. The van der Waals surface area contributed by atoms with E-state index in [-0.39, 0.29) is 24.3 Å². The first-order chi connectivity index (χ1) is 13.9. The van der Waals surface area contributed by atoms with Crippen molar-refractivity contribution in [2.75, 3.05) is 19.7 Å². The molecule has 7 heteroatoms. The molecule has 0 radical (unpaired) electrons. The predicted octanol–water partition coefficient (Wildman–Crippen LogP) is 3.14. The van der Waals surface area contributed by atoms with Gasteiger partial charge in [-0.25, -0.2) is 4.39 Å². The molecule has 0 spiro atoms. The highest BCUT2D eigenvalue weighted by Gasteiger charge is 2.44. The van der Waals surface area contributed by atoms with Gasteiger partial charge in [0.2, 0.25) is 5.91 Å². The molecule has 1 aromatic heterocycles. The summed E-state index contributed by atoms with van der Waals surface area (Å²) in [6.45, 7) is 5.48. The number of carbonyl (C=O) groups is 2. The van der Waals surface area contributed by atoms with Crippen molar-refractivity contribution in [1.29, 1.82) is 0 Å². The quantitative estimate of drug-likeness (QED) is 0.669. The molecule has 6 nitrogen and oxygen atoms in total. The van der Waals surface area contributed by atoms with Crippen molar-refractivity contribution in [3.63, 3.8) is 0 Å². The van der Waals surface area contributed by atoms with Crippen LogP contribution in [0.3, 0.4) is 0 Å². The molecule has 3 rings (SSSR count). The molecule has 1 aliphatic heterocycles. The minimum Gasteiger partial charge on any atom is -0.466 e. The number of amides is 1. The average molecular weight is 401 g/mol. The molecule has 156 valence electrons. The summed E-state index contributed by atoms with van der Waals surface area (Å²) in [5, 5.41) is 4.22. The zero-order chi connectivity index (χ0) is 20.9. The molecule has 29 heavy (non-hydrogen) atoms. The topological polar surface area (TPSA) is 64.4 Å². The van der Waals surface area contributed by atoms with Crippen molar-refractivity contribution in [3.8, 4) is 0 Å². The van der Waals surface area contributed by atoms with Crippen LogP contribution in [0.2, 0.25) is 0 Å². The third kappa shape index (κ3) is 5.02. The summed E-state index contributed by atoms with van der Waals surface area (Å²) in [4.78, 5) is 27.5. The second-order valence-electron chi connectivity index (χ2n) is 7.67. The molecule has 2 heterocycles. The van der Waals surface area contributed by atoms with Crippen LogP contribution in [0.25, 0.3) is 0 Å². The zero-order valence-corrected chi connectivity index (χ0v) is 17.1. The summed E-state index contributed by atoms with van der Waals surface area (Å²) in [6, 6.07) is 8.08. The number of halogens is 1. The summed E-state index contributed by atoms with van der Waals surface area (Å²) in [7, 11) is 0. The van der Waals surface area contributed by atoms with Gasteiger partial charge in [0.05, 0.1) is 12.0 Å². The lowest BCUT2D eigenvalue weighted by molar-refractivity contribution is -0.160. The van der Waals surface area contributed by atoms with E-state index in [9.17, 15) is 14.0 Å². The number of hydrogen-bond acceptors (Lipinski definition) is 4. The van der Waals surface area contributed by atoms with Gasteiger partial charge in [0.15, 0.2) is 0 Å². The first kappa shape index (κ1) is 21.0. The van der Waals surface area contributed by atoms with Crippen LogP contribution in [0.1, 0.15) is 37.4 Å². The molecule has 1 aliphatic rings. The molecule has 1 atom stereocenters. The number of hydrogen-bond donors (Lipinski definition) is 0. The molecule has 0 N–H and O–H groups in total. The summed E-state index contributed by atoms with van der Waals surface area (Å²) in [5.41, 5.74) is 1.07. The fraction of sp³-hybridized carbons (Fsp3) is 0.500. The number of esters is 1. The van der Waals surface area contributed by atoms with E-state index >= 15 is 0 Å². The summed E-state index contributed by atoms with van der Waals surface area (Å²) in [6.07, 6.45) is 3.85. The largest absolute Gasteiger partial charge is 0.466 e. The Morgan fingerprint density at radius 2 is 2.00 bits per heavy atom. The Bertz CT molecular complexity index is 849. The second-order valence-corrected chi connectivity index (χ2v) is 7.67. The highest BCUT2D eigenvalue weighted by molar-refractivity contribution is 5.81. The number of benzene rings is 1. The molecule has 1 saturated heterocycles. The molecule has 1 fully saturated rings. The lowest BCUT2D eigenvalue weighted by Gasteiger charge is -2.41. The van der Waals surface area contributed by atoms with E-state index in [1.54, 1.807) is 34.8 Å². The summed E-state index contributed by atoms with van der Waals surface area (Å²) in [5.74, 6) is -0.592. The Morgan fingerprint density at radius 1 is 1.24 bits per heavy atom. The van der Waals surface area contributed by atoms with Gasteiger partial charge in [-0.2, -0.15) is 5.10 Å². The minimum absolute atomic E-state index is 0.00683. The number of ether oxygens (including phenoxy) is 1. The van der Waals surface area contributed by atoms with E-state index in [0.29, 0.717) is 38.9 Å². The monoisotopic (exact) mass is 401 g/mol. The van der Waals surface area contributed by atoms with Gasteiger partial charge in [-0.05, 0) is 56.9 Å². The second kappa shape index (κ2) is 9.20. The summed E-state index contributed by atoms with van der Waals surface area (Å²) < 4.78 is 20.5. The highest BCUT2D eigenvalue weighted by Crippen LogP contribution is 2.35. The van der Waals surface area contributed by atoms with E-state index in [0.717, 1.165) is 17.7 Å². The Kier molecular flexibility index (Phi) is 6.67. The normalized spacial score (nSPS) is 19.2. The number of nitrogens with zero attached hydrogens (tertiary/aromatic N) is 3. The maximum Gasteiger partial charge on any atom is 0.314 e. The van der Waals surface area contributed by atoms with Crippen LogP contribution < -0.4 is 0 Å². The van der Waals surface area contributed by atoms with Crippen molar-refractivity contribution in [2.24, 2.45) is 5.41 Å². The number of carbonyl (C=O) groups excluding carboxylic acids is 2. The van der Waals surface area contributed by atoms with E-state index in [2.05, 4.69) is 5.10 Å². The van der Waals surface area contributed by atoms with Crippen LogP contribution in [0.15, 0.2) is 36.5 Å². The fourth-order valence-electron chi connectivity index (χ4n) is 4.00. The molecule has 1 amide bonds. The van der Waals surface area contributed by atoms with Crippen molar-refractivity contribution in [3.05, 3.63) is 53.6 Å². The number of piperidine rings is 1. The number of aryl methyl sites for hydroxylation is 2. The Morgan fingerprint density at radius 3 is 2.66 bits per heavy atom. The maximum atomic E-state index is 13.3. The maximum absolute atomic E-state index is 13.3. The van der Waals surface area contributed by atoms with Crippen molar-refractivity contribution in [1.82, 2.24) is 14.7 Å². The van der Waals surface area contributed by atoms with Gasteiger partial charge in [0.25, 0.3) is 0 Å². The van der Waals surface area contributed by atoms with Gasteiger partial charge in [-0.15, -0.1) is 0 Å². The highest BCUT2D eigenvalue weighted by atomic mass is 19.1. The van der Waals surface area contributed by atoms with Gasteiger partial charge in [-0.3, -0.25) is 14.3 Å². The van der Waals surface area contributed by atoms with Crippen LogP contribution >= 0.6 is 0 Å². The Hall–Kier alpha value is -2.70. The zero-order valence-electron chi connectivity index (χ0n) is 17.1. The van der Waals surface area contributed by atoms with Crippen LogP contribution in [0.5, 0.6) is 0 Å². The van der Waals surface area contributed by atoms with Crippen LogP contribution in [0, 0.1) is 18.2 Å². The minimum atomic E-state index is -0.802. The summed E-state index contributed by atoms with van der Waals surface area (Å²) >= 11 is 0. The lowest BCUT2D eigenvalue weighted by Crippen LogP contribution is -2.51. The molecular formula is C22H28FN3O3. The number of aromatic nitrogens is 2. The molecular weight excluding hydrogens is 373 g/mol.